The van der Waals surface area contributed by atoms with Crippen molar-refractivity contribution in [3.05, 3.63) is 30.3 Å². The maximum absolute atomic E-state index is 11.5. The predicted molar refractivity (Wildman–Crippen MR) is 72.0 cm³/mol. The SMILES string of the molecule is CCOC(=O)C(C)(N)COCCOc1ccccc1. The van der Waals surface area contributed by atoms with Crippen molar-refractivity contribution in [3.8, 4) is 5.75 Å². The maximum atomic E-state index is 11.5. The molecule has 19 heavy (non-hydrogen) atoms. The third-order valence-electron chi connectivity index (χ3n) is 2.38. The topological polar surface area (TPSA) is 70.8 Å². The zero-order valence-corrected chi connectivity index (χ0v) is 11.4. The molecule has 0 bridgehead atoms. The molecule has 2 N–H and O–H groups in total. The number of nitrogens with two attached hydrogens (primary N) is 1. The van der Waals surface area contributed by atoms with Crippen LogP contribution in [0.25, 0.3) is 0 Å². The summed E-state index contributed by atoms with van der Waals surface area (Å²) in [6.07, 6.45) is 0. The van der Waals surface area contributed by atoms with E-state index >= 15 is 0 Å². The van der Waals surface area contributed by atoms with E-state index in [1.54, 1.807) is 13.8 Å². The Balaban J connectivity index is 2.18. The molecule has 1 aromatic rings. The van der Waals surface area contributed by atoms with Crippen LogP contribution in [0.15, 0.2) is 30.3 Å². The third-order valence-corrected chi connectivity index (χ3v) is 2.38. The highest BCUT2D eigenvalue weighted by Crippen LogP contribution is 2.08. The summed E-state index contributed by atoms with van der Waals surface area (Å²) in [6.45, 7) is 4.50. The van der Waals surface area contributed by atoms with Crippen LogP contribution in [0.1, 0.15) is 13.8 Å². The first kappa shape index (κ1) is 15.5. The van der Waals surface area contributed by atoms with Crippen molar-refractivity contribution in [1.82, 2.24) is 0 Å². The van der Waals surface area contributed by atoms with Gasteiger partial charge < -0.3 is 19.9 Å². The van der Waals surface area contributed by atoms with Crippen LogP contribution in [0.2, 0.25) is 0 Å². The van der Waals surface area contributed by atoms with E-state index in [1.807, 2.05) is 30.3 Å². The van der Waals surface area contributed by atoms with Crippen LogP contribution in [0, 0.1) is 0 Å². The van der Waals surface area contributed by atoms with Crippen molar-refractivity contribution in [2.75, 3.05) is 26.4 Å². The van der Waals surface area contributed by atoms with Gasteiger partial charge in [-0.15, -0.1) is 0 Å². The molecule has 0 saturated heterocycles. The van der Waals surface area contributed by atoms with Crippen LogP contribution in [-0.4, -0.2) is 37.9 Å². The number of benzene rings is 1. The summed E-state index contributed by atoms with van der Waals surface area (Å²) < 4.78 is 15.6. The zero-order chi connectivity index (χ0) is 14.1. The van der Waals surface area contributed by atoms with E-state index in [4.69, 9.17) is 19.9 Å². The molecule has 106 valence electrons. The average Bonchev–Trinajstić information content (AvgIpc) is 2.39. The molecule has 0 aromatic heterocycles. The van der Waals surface area contributed by atoms with Crippen LogP contribution in [0.3, 0.4) is 0 Å². The normalized spacial score (nSPS) is 13.6. The highest BCUT2D eigenvalue weighted by Gasteiger charge is 2.30. The van der Waals surface area contributed by atoms with Crippen molar-refractivity contribution in [2.24, 2.45) is 5.73 Å². The molecular weight excluding hydrogens is 246 g/mol. The Hall–Kier alpha value is -1.59. The smallest absolute Gasteiger partial charge is 0.328 e. The largest absolute Gasteiger partial charge is 0.491 e. The fourth-order valence-corrected chi connectivity index (χ4v) is 1.37. The molecule has 0 aliphatic carbocycles. The molecule has 0 amide bonds. The summed E-state index contributed by atoms with van der Waals surface area (Å²) in [6, 6.07) is 9.45. The van der Waals surface area contributed by atoms with Crippen molar-refractivity contribution < 1.29 is 19.0 Å². The molecule has 0 spiro atoms. The van der Waals surface area contributed by atoms with E-state index in [1.165, 1.54) is 0 Å². The molecule has 1 rings (SSSR count). The van der Waals surface area contributed by atoms with Crippen LogP contribution < -0.4 is 10.5 Å². The fourth-order valence-electron chi connectivity index (χ4n) is 1.37. The van der Waals surface area contributed by atoms with Gasteiger partial charge in [-0.25, -0.2) is 4.79 Å². The number of para-hydroxylation sites is 1. The maximum Gasteiger partial charge on any atom is 0.328 e. The summed E-state index contributed by atoms with van der Waals surface area (Å²) in [7, 11) is 0. The van der Waals surface area contributed by atoms with Crippen molar-refractivity contribution in [2.45, 2.75) is 19.4 Å². The van der Waals surface area contributed by atoms with Gasteiger partial charge in [0.2, 0.25) is 0 Å². The summed E-state index contributed by atoms with van der Waals surface area (Å²) in [5.74, 6) is 0.325. The van der Waals surface area contributed by atoms with Crippen molar-refractivity contribution in [1.29, 1.82) is 0 Å². The first-order valence-electron chi connectivity index (χ1n) is 6.28. The minimum absolute atomic E-state index is 0.101. The lowest BCUT2D eigenvalue weighted by Crippen LogP contribution is -2.50. The molecule has 1 aromatic carbocycles. The lowest BCUT2D eigenvalue weighted by atomic mass is 10.1. The first-order valence-corrected chi connectivity index (χ1v) is 6.28. The van der Waals surface area contributed by atoms with Gasteiger partial charge in [-0.1, -0.05) is 18.2 Å². The molecule has 0 fully saturated rings. The molecule has 1 atom stereocenters. The van der Waals surface area contributed by atoms with E-state index in [2.05, 4.69) is 0 Å². The van der Waals surface area contributed by atoms with E-state index < -0.39 is 11.5 Å². The Kier molecular flexibility index (Phi) is 6.32. The standard InChI is InChI=1S/C14H21NO4/c1-3-18-13(16)14(2,15)11-17-9-10-19-12-7-5-4-6-8-12/h4-8H,3,9-11,15H2,1-2H3. The molecule has 1 unspecified atom stereocenters. The molecule has 0 radical (unpaired) electrons. The molecule has 0 aliphatic heterocycles. The number of carbonyl (C=O) groups is 1. The number of ether oxygens (including phenoxy) is 3. The van der Waals surface area contributed by atoms with Gasteiger partial charge >= 0.3 is 5.97 Å². The van der Waals surface area contributed by atoms with Crippen LogP contribution in [0.5, 0.6) is 5.75 Å². The van der Waals surface area contributed by atoms with Crippen molar-refractivity contribution >= 4 is 5.97 Å². The van der Waals surface area contributed by atoms with E-state index in [0.717, 1.165) is 5.75 Å². The van der Waals surface area contributed by atoms with Gasteiger partial charge in [0.25, 0.3) is 0 Å². The molecule has 0 heterocycles. The number of rotatable bonds is 8. The van der Waals surface area contributed by atoms with Crippen molar-refractivity contribution in [3.63, 3.8) is 0 Å². The van der Waals surface area contributed by atoms with Crippen LogP contribution in [-0.2, 0) is 14.3 Å². The highest BCUT2D eigenvalue weighted by atomic mass is 16.5. The Morgan fingerprint density at radius 1 is 1.26 bits per heavy atom. The number of esters is 1. The molecule has 5 heteroatoms. The van der Waals surface area contributed by atoms with Crippen LogP contribution in [0.4, 0.5) is 0 Å². The van der Waals surface area contributed by atoms with Gasteiger partial charge in [0.1, 0.15) is 17.9 Å². The van der Waals surface area contributed by atoms with E-state index in [-0.39, 0.29) is 6.61 Å². The Bertz CT molecular complexity index is 378. The first-order chi connectivity index (χ1) is 9.06. The minimum Gasteiger partial charge on any atom is -0.491 e. The second-order valence-electron chi connectivity index (χ2n) is 4.35. The van der Waals surface area contributed by atoms with Gasteiger partial charge in [0.15, 0.2) is 0 Å². The zero-order valence-electron chi connectivity index (χ0n) is 11.4. The summed E-state index contributed by atoms with van der Waals surface area (Å²) >= 11 is 0. The molecule has 0 saturated carbocycles. The lowest BCUT2D eigenvalue weighted by Gasteiger charge is -2.21. The summed E-state index contributed by atoms with van der Waals surface area (Å²) in [5.41, 5.74) is 4.68. The Morgan fingerprint density at radius 2 is 1.95 bits per heavy atom. The molecule has 5 nitrogen and oxygen atoms in total. The van der Waals surface area contributed by atoms with Gasteiger partial charge in [-0.2, -0.15) is 0 Å². The Morgan fingerprint density at radius 3 is 2.58 bits per heavy atom. The second kappa shape index (κ2) is 7.76. The number of carbonyl (C=O) groups excluding carboxylic acids is 1. The number of hydrogen-bond acceptors (Lipinski definition) is 5. The van der Waals surface area contributed by atoms with Crippen LogP contribution >= 0.6 is 0 Å². The van der Waals surface area contributed by atoms with Gasteiger partial charge in [0.05, 0.1) is 19.8 Å². The summed E-state index contributed by atoms with van der Waals surface area (Å²) in [4.78, 5) is 11.5. The highest BCUT2D eigenvalue weighted by molar-refractivity contribution is 5.80. The fraction of sp³-hybridized carbons (Fsp3) is 0.500. The monoisotopic (exact) mass is 267 g/mol. The van der Waals surface area contributed by atoms with Gasteiger partial charge in [-0.05, 0) is 26.0 Å². The second-order valence-corrected chi connectivity index (χ2v) is 4.35. The predicted octanol–water partition coefficient (Wildman–Crippen LogP) is 1.36. The van der Waals surface area contributed by atoms with E-state index in [0.29, 0.717) is 19.8 Å². The quantitative estimate of drug-likeness (QED) is 0.569. The molecular formula is C14H21NO4. The van der Waals surface area contributed by atoms with E-state index in [9.17, 15) is 4.79 Å². The summed E-state index contributed by atoms with van der Waals surface area (Å²) in [5, 5.41) is 0. The lowest BCUT2D eigenvalue weighted by molar-refractivity contribution is -0.151. The number of hydrogen-bond donors (Lipinski definition) is 1. The Labute approximate surface area is 113 Å². The minimum atomic E-state index is -1.12. The van der Waals surface area contributed by atoms with Gasteiger partial charge in [0, 0.05) is 0 Å². The third kappa shape index (κ3) is 5.72. The average molecular weight is 267 g/mol. The van der Waals surface area contributed by atoms with Gasteiger partial charge in [-0.3, -0.25) is 0 Å². The molecule has 0 aliphatic rings.